The van der Waals surface area contributed by atoms with Gasteiger partial charge in [-0.1, -0.05) is 18.9 Å². The van der Waals surface area contributed by atoms with Gasteiger partial charge in [0.15, 0.2) is 0 Å². The molecule has 3 rings (SSSR count). The van der Waals surface area contributed by atoms with Crippen molar-refractivity contribution in [1.82, 2.24) is 4.90 Å². The van der Waals surface area contributed by atoms with Crippen LogP contribution in [0.2, 0.25) is 0 Å². The molecule has 1 aliphatic carbocycles. The molecule has 0 unspecified atom stereocenters. The Balaban J connectivity index is 1.56. The zero-order valence-electron chi connectivity index (χ0n) is 12.8. The lowest BCUT2D eigenvalue weighted by molar-refractivity contribution is -0.140. The van der Waals surface area contributed by atoms with Crippen molar-refractivity contribution in [3.63, 3.8) is 0 Å². The van der Waals surface area contributed by atoms with E-state index in [1.54, 1.807) is 6.07 Å². The van der Waals surface area contributed by atoms with E-state index in [0.29, 0.717) is 5.69 Å². The molecule has 1 aliphatic heterocycles. The SMILES string of the molecule is O=C(CCN1C(=O)[C@H]2CCCC[C@H]2C1=O)Nc1cccc(F)c1. The Morgan fingerprint density at radius 3 is 2.43 bits per heavy atom. The minimum Gasteiger partial charge on any atom is -0.326 e. The van der Waals surface area contributed by atoms with Crippen molar-refractivity contribution in [3.05, 3.63) is 30.1 Å². The summed E-state index contributed by atoms with van der Waals surface area (Å²) in [5.74, 6) is -1.44. The van der Waals surface area contributed by atoms with Gasteiger partial charge in [-0.15, -0.1) is 0 Å². The van der Waals surface area contributed by atoms with E-state index in [9.17, 15) is 18.8 Å². The Bertz CT molecular complexity index is 622. The van der Waals surface area contributed by atoms with Crippen molar-refractivity contribution in [2.24, 2.45) is 11.8 Å². The summed E-state index contributed by atoms with van der Waals surface area (Å²) >= 11 is 0. The monoisotopic (exact) mass is 318 g/mol. The topological polar surface area (TPSA) is 66.5 Å². The highest BCUT2D eigenvalue weighted by Crippen LogP contribution is 2.37. The number of imide groups is 1. The lowest BCUT2D eigenvalue weighted by Crippen LogP contribution is -2.34. The molecule has 1 N–H and O–H groups in total. The number of nitrogens with one attached hydrogen (secondary N) is 1. The van der Waals surface area contributed by atoms with Gasteiger partial charge in [-0.05, 0) is 31.0 Å². The number of rotatable bonds is 4. The number of carbonyl (C=O) groups is 3. The van der Waals surface area contributed by atoms with E-state index in [-0.39, 0.29) is 42.5 Å². The molecule has 1 saturated heterocycles. The number of hydrogen-bond acceptors (Lipinski definition) is 3. The summed E-state index contributed by atoms with van der Waals surface area (Å²) in [4.78, 5) is 37.7. The van der Waals surface area contributed by atoms with Crippen LogP contribution in [0, 0.1) is 17.7 Å². The fourth-order valence-corrected chi connectivity index (χ4v) is 3.45. The predicted molar refractivity (Wildman–Crippen MR) is 81.8 cm³/mol. The van der Waals surface area contributed by atoms with E-state index in [1.165, 1.54) is 23.1 Å². The van der Waals surface area contributed by atoms with Crippen LogP contribution in [0.1, 0.15) is 32.1 Å². The summed E-state index contributed by atoms with van der Waals surface area (Å²) in [5.41, 5.74) is 0.364. The molecule has 122 valence electrons. The minimum atomic E-state index is -0.434. The Hall–Kier alpha value is -2.24. The molecule has 0 bridgehead atoms. The zero-order valence-corrected chi connectivity index (χ0v) is 12.8. The summed E-state index contributed by atoms with van der Waals surface area (Å²) in [6, 6.07) is 5.60. The third-order valence-electron chi connectivity index (χ3n) is 4.60. The quantitative estimate of drug-likeness (QED) is 0.867. The van der Waals surface area contributed by atoms with E-state index in [0.717, 1.165) is 25.7 Å². The molecular formula is C17H19FN2O3. The zero-order chi connectivity index (χ0) is 16.4. The molecule has 5 nitrogen and oxygen atoms in total. The summed E-state index contributed by atoms with van der Waals surface area (Å²) in [5, 5.41) is 2.57. The van der Waals surface area contributed by atoms with Gasteiger partial charge in [-0.3, -0.25) is 19.3 Å². The van der Waals surface area contributed by atoms with Crippen molar-refractivity contribution in [3.8, 4) is 0 Å². The summed E-state index contributed by atoms with van der Waals surface area (Å²) in [6.45, 7) is 0.0891. The number of anilines is 1. The lowest BCUT2D eigenvalue weighted by Gasteiger charge is -2.19. The second-order valence-electron chi connectivity index (χ2n) is 6.13. The molecule has 1 saturated carbocycles. The van der Waals surface area contributed by atoms with Crippen LogP contribution in [0.25, 0.3) is 0 Å². The lowest BCUT2D eigenvalue weighted by atomic mass is 9.81. The van der Waals surface area contributed by atoms with Gasteiger partial charge in [0, 0.05) is 18.7 Å². The van der Waals surface area contributed by atoms with Crippen molar-refractivity contribution < 1.29 is 18.8 Å². The Kier molecular flexibility index (Phi) is 4.41. The Labute approximate surface area is 133 Å². The molecule has 2 atom stereocenters. The van der Waals surface area contributed by atoms with Gasteiger partial charge in [0.2, 0.25) is 17.7 Å². The van der Waals surface area contributed by atoms with Gasteiger partial charge < -0.3 is 5.32 Å². The number of nitrogens with zero attached hydrogens (tertiary/aromatic N) is 1. The summed E-state index contributed by atoms with van der Waals surface area (Å²) in [7, 11) is 0. The van der Waals surface area contributed by atoms with Gasteiger partial charge in [0.05, 0.1) is 11.8 Å². The van der Waals surface area contributed by atoms with Crippen LogP contribution in [0.5, 0.6) is 0 Å². The highest BCUT2D eigenvalue weighted by atomic mass is 19.1. The number of fused-ring (bicyclic) bond motifs is 1. The van der Waals surface area contributed by atoms with E-state index >= 15 is 0 Å². The van der Waals surface area contributed by atoms with Gasteiger partial charge in [-0.2, -0.15) is 0 Å². The van der Waals surface area contributed by atoms with Gasteiger partial charge >= 0.3 is 0 Å². The molecule has 0 radical (unpaired) electrons. The molecule has 1 aromatic carbocycles. The van der Waals surface area contributed by atoms with Crippen LogP contribution in [0.4, 0.5) is 10.1 Å². The fourth-order valence-electron chi connectivity index (χ4n) is 3.45. The van der Waals surface area contributed by atoms with Gasteiger partial charge in [0.25, 0.3) is 0 Å². The predicted octanol–water partition coefficient (Wildman–Crippen LogP) is 2.33. The third kappa shape index (κ3) is 3.25. The van der Waals surface area contributed by atoms with Crippen LogP contribution >= 0.6 is 0 Å². The molecule has 1 heterocycles. The van der Waals surface area contributed by atoms with E-state index in [4.69, 9.17) is 0 Å². The van der Waals surface area contributed by atoms with Crippen LogP contribution in [-0.2, 0) is 14.4 Å². The van der Waals surface area contributed by atoms with Crippen LogP contribution in [-0.4, -0.2) is 29.2 Å². The van der Waals surface area contributed by atoms with Crippen molar-refractivity contribution in [1.29, 1.82) is 0 Å². The maximum absolute atomic E-state index is 13.1. The number of carbonyl (C=O) groups excluding carboxylic acids is 3. The number of benzene rings is 1. The number of halogens is 1. The molecule has 3 amide bonds. The Morgan fingerprint density at radius 2 is 1.83 bits per heavy atom. The summed E-state index contributed by atoms with van der Waals surface area (Å²) in [6.07, 6.45) is 3.51. The van der Waals surface area contributed by atoms with E-state index < -0.39 is 5.82 Å². The molecule has 2 fully saturated rings. The van der Waals surface area contributed by atoms with Crippen molar-refractivity contribution in [2.75, 3.05) is 11.9 Å². The largest absolute Gasteiger partial charge is 0.326 e. The van der Waals surface area contributed by atoms with Gasteiger partial charge in [0.1, 0.15) is 5.82 Å². The van der Waals surface area contributed by atoms with Crippen molar-refractivity contribution in [2.45, 2.75) is 32.1 Å². The normalized spacial score (nSPS) is 23.8. The first-order chi connectivity index (χ1) is 11.1. The minimum absolute atomic E-state index is 0.0213. The molecule has 0 aromatic heterocycles. The van der Waals surface area contributed by atoms with Crippen LogP contribution in [0.15, 0.2) is 24.3 Å². The maximum Gasteiger partial charge on any atom is 0.233 e. The number of likely N-dealkylation sites (tertiary alicyclic amines) is 1. The maximum atomic E-state index is 13.1. The average molecular weight is 318 g/mol. The average Bonchev–Trinajstić information content (AvgIpc) is 2.77. The third-order valence-corrected chi connectivity index (χ3v) is 4.60. The summed E-state index contributed by atoms with van der Waals surface area (Å²) < 4.78 is 13.1. The fraction of sp³-hybridized carbons (Fsp3) is 0.471. The standard InChI is InChI=1S/C17H19FN2O3/c18-11-4-3-5-12(10-11)19-15(21)8-9-20-16(22)13-6-1-2-7-14(13)17(20)23/h3-5,10,13-14H,1-2,6-9H2,(H,19,21)/t13-,14+. The van der Waals surface area contributed by atoms with E-state index in [1.807, 2.05) is 0 Å². The number of hydrogen-bond donors (Lipinski definition) is 1. The first-order valence-corrected chi connectivity index (χ1v) is 7.97. The first kappa shape index (κ1) is 15.6. The second-order valence-corrected chi connectivity index (χ2v) is 6.13. The molecular weight excluding hydrogens is 299 g/mol. The smallest absolute Gasteiger partial charge is 0.233 e. The molecule has 0 spiro atoms. The highest BCUT2D eigenvalue weighted by molar-refractivity contribution is 6.05. The van der Waals surface area contributed by atoms with Crippen LogP contribution < -0.4 is 5.32 Å². The molecule has 1 aromatic rings. The highest BCUT2D eigenvalue weighted by Gasteiger charge is 2.47. The second kappa shape index (κ2) is 6.48. The first-order valence-electron chi connectivity index (χ1n) is 7.97. The van der Waals surface area contributed by atoms with Gasteiger partial charge in [-0.25, -0.2) is 4.39 Å². The van der Waals surface area contributed by atoms with Crippen molar-refractivity contribution >= 4 is 23.4 Å². The molecule has 23 heavy (non-hydrogen) atoms. The molecule has 2 aliphatic rings. The van der Waals surface area contributed by atoms with E-state index in [2.05, 4.69) is 5.32 Å². The Morgan fingerprint density at radius 1 is 1.17 bits per heavy atom. The van der Waals surface area contributed by atoms with Crippen LogP contribution in [0.3, 0.4) is 0 Å². The number of amides is 3. The molecule has 6 heteroatoms.